The fourth-order valence-electron chi connectivity index (χ4n) is 2.17. The molecule has 0 atom stereocenters. The molecule has 0 amide bonds. The van der Waals surface area contributed by atoms with Crippen LogP contribution in [0.2, 0.25) is 0 Å². The van der Waals surface area contributed by atoms with Gasteiger partial charge in [-0.1, -0.05) is 12.1 Å². The molecule has 0 spiro atoms. The highest BCUT2D eigenvalue weighted by atomic mass is 32.2. The minimum atomic E-state index is -3.56. The molecule has 0 aliphatic carbocycles. The zero-order chi connectivity index (χ0) is 14.0. The van der Waals surface area contributed by atoms with E-state index in [9.17, 15) is 8.42 Å². The first-order valence-corrected chi connectivity index (χ1v) is 7.72. The summed E-state index contributed by atoms with van der Waals surface area (Å²) < 4.78 is 26.2. The number of nitrogens with one attached hydrogen (secondary N) is 1. The third kappa shape index (κ3) is 2.37. The van der Waals surface area contributed by atoms with Gasteiger partial charge in [-0.05, 0) is 24.1 Å². The molecule has 104 valence electrons. The summed E-state index contributed by atoms with van der Waals surface area (Å²) in [5, 5.41) is -0.0141. The van der Waals surface area contributed by atoms with Crippen LogP contribution in [0.5, 0.6) is 0 Å². The molecule has 0 fully saturated rings. The standard InChI is InChI=1S/C13H14N4O2S/c18-20(19,13-15-7-8-16-13)17-9-3-4-11(10-17)12-5-1-2-6-14-12/h1-2,4-8H,3,9-10H2,(H,15,16). The summed E-state index contributed by atoms with van der Waals surface area (Å²) >= 11 is 0. The zero-order valence-electron chi connectivity index (χ0n) is 10.7. The lowest BCUT2D eigenvalue weighted by Crippen LogP contribution is -2.36. The summed E-state index contributed by atoms with van der Waals surface area (Å²) in [6, 6.07) is 5.61. The highest BCUT2D eigenvalue weighted by Crippen LogP contribution is 2.23. The Bertz CT molecular complexity index is 708. The molecule has 0 aromatic carbocycles. The third-order valence-corrected chi connectivity index (χ3v) is 4.87. The van der Waals surface area contributed by atoms with Gasteiger partial charge in [0.15, 0.2) is 0 Å². The van der Waals surface area contributed by atoms with Crippen molar-refractivity contribution in [3.05, 3.63) is 48.6 Å². The van der Waals surface area contributed by atoms with Crippen LogP contribution in [0.1, 0.15) is 12.1 Å². The highest BCUT2D eigenvalue weighted by molar-refractivity contribution is 7.89. The quantitative estimate of drug-likeness (QED) is 0.923. The summed E-state index contributed by atoms with van der Waals surface area (Å²) in [6.07, 6.45) is 7.36. The third-order valence-electron chi connectivity index (χ3n) is 3.17. The molecule has 1 N–H and O–H groups in total. The van der Waals surface area contributed by atoms with Crippen LogP contribution >= 0.6 is 0 Å². The molecule has 2 aromatic heterocycles. The summed E-state index contributed by atoms with van der Waals surface area (Å²) in [5.41, 5.74) is 1.74. The largest absolute Gasteiger partial charge is 0.334 e. The van der Waals surface area contributed by atoms with E-state index >= 15 is 0 Å². The number of nitrogens with zero attached hydrogens (tertiary/aromatic N) is 3. The van der Waals surface area contributed by atoms with E-state index in [1.165, 1.54) is 16.7 Å². The second kappa shape index (κ2) is 5.18. The van der Waals surface area contributed by atoms with Gasteiger partial charge in [-0.15, -0.1) is 0 Å². The molecule has 7 heteroatoms. The van der Waals surface area contributed by atoms with Crippen molar-refractivity contribution >= 4 is 15.6 Å². The first kappa shape index (κ1) is 13.0. The fraction of sp³-hybridized carbons (Fsp3) is 0.231. The zero-order valence-corrected chi connectivity index (χ0v) is 11.5. The number of H-pyrrole nitrogens is 1. The maximum absolute atomic E-state index is 12.4. The van der Waals surface area contributed by atoms with Crippen LogP contribution < -0.4 is 0 Å². The van der Waals surface area contributed by atoms with Crippen LogP contribution in [-0.4, -0.2) is 40.8 Å². The van der Waals surface area contributed by atoms with E-state index in [4.69, 9.17) is 0 Å². The molecule has 0 radical (unpaired) electrons. The van der Waals surface area contributed by atoms with Crippen LogP contribution in [0.3, 0.4) is 0 Å². The molecule has 3 heterocycles. The predicted molar refractivity (Wildman–Crippen MR) is 74.2 cm³/mol. The van der Waals surface area contributed by atoms with Gasteiger partial charge in [0.25, 0.3) is 10.0 Å². The van der Waals surface area contributed by atoms with Crippen molar-refractivity contribution < 1.29 is 8.42 Å². The molecular formula is C13H14N4O2S. The molecule has 20 heavy (non-hydrogen) atoms. The Labute approximate surface area is 117 Å². The Hall–Kier alpha value is -1.99. The van der Waals surface area contributed by atoms with Crippen molar-refractivity contribution in [1.29, 1.82) is 0 Å². The van der Waals surface area contributed by atoms with Crippen molar-refractivity contribution in [3.63, 3.8) is 0 Å². The van der Waals surface area contributed by atoms with Gasteiger partial charge >= 0.3 is 0 Å². The Morgan fingerprint density at radius 1 is 1.20 bits per heavy atom. The van der Waals surface area contributed by atoms with Gasteiger partial charge in [-0.25, -0.2) is 13.4 Å². The average molecular weight is 290 g/mol. The van der Waals surface area contributed by atoms with Gasteiger partial charge in [0, 0.05) is 31.7 Å². The lowest BCUT2D eigenvalue weighted by atomic mass is 10.1. The predicted octanol–water partition coefficient (Wildman–Crippen LogP) is 1.28. The normalized spacial score (nSPS) is 16.9. The number of aromatic nitrogens is 3. The van der Waals surface area contributed by atoms with Gasteiger partial charge in [-0.2, -0.15) is 4.31 Å². The summed E-state index contributed by atoms with van der Waals surface area (Å²) in [4.78, 5) is 10.8. The minimum Gasteiger partial charge on any atom is -0.334 e. The SMILES string of the molecule is O=S(=O)(c1ncc[nH]1)N1CCC=C(c2ccccn2)C1. The number of hydrogen-bond acceptors (Lipinski definition) is 4. The Morgan fingerprint density at radius 2 is 2.10 bits per heavy atom. The summed E-state index contributed by atoms with van der Waals surface area (Å²) in [5.74, 6) is 0. The van der Waals surface area contributed by atoms with Gasteiger partial charge in [0.2, 0.25) is 5.16 Å². The fourth-order valence-corrected chi connectivity index (χ4v) is 3.48. The second-order valence-corrected chi connectivity index (χ2v) is 6.32. The molecule has 1 aliphatic rings. The maximum Gasteiger partial charge on any atom is 0.277 e. The van der Waals surface area contributed by atoms with Crippen molar-refractivity contribution in [2.45, 2.75) is 11.6 Å². The van der Waals surface area contributed by atoms with E-state index < -0.39 is 10.0 Å². The molecule has 1 aliphatic heterocycles. The Morgan fingerprint density at radius 3 is 2.80 bits per heavy atom. The highest BCUT2D eigenvalue weighted by Gasteiger charge is 2.29. The summed E-state index contributed by atoms with van der Waals surface area (Å²) in [6.45, 7) is 0.777. The lowest BCUT2D eigenvalue weighted by Gasteiger charge is -2.25. The van der Waals surface area contributed by atoms with E-state index in [-0.39, 0.29) is 5.16 Å². The monoisotopic (exact) mass is 290 g/mol. The number of aromatic amines is 1. The summed E-state index contributed by atoms with van der Waals surface area (Å²) in [7, 11) is -3.56. The van der Waals surface area contributed by atoms with Crippen molar-refractivity contribution in [2.75, 3.05) is 13.1 Å². The number of imidazole rings is 1. The smallest absolute Gasteiger partial charge is 0.277 e. The first-order valence-electron chi connectivity index (χ1n) is 6.28. The molecule has 6 nitrogen and oxygen atoms in total. The van der Waals surface area contributed by atoms with Crippen molar-refractivity contribution in [1.82, 2.24) is 19.3 Å². The van der Waals surface area contributed by atoms with Crippen molar-refractivity contribution in [2.24, 2.45) is 0 Å². The number of pyridine rings is 1. The molecule has 0 unspecified atom stereocenters. The van der Waals surface area contributed by atoms with Crippen LogP contribution in [0.25, 0.3) is 5.57 Å². The van der Waals surface area contributed by atoms with Crippen LogP contribution in [-0.2, 0) is 10.0 Å². The molecule has 3 rings (SSSR count). The van der Waals surface area contributed by atoms with E-state index in [2.05, 4.69) is 15.0 Å². The lowest BCUT2D eigenvalue weighted by molar-refractivity contribution is 0.438. The molecule has 0 bridgehead atoms. The Balaban J connectivity index is 1.87. The van der Waals surface area contributed by atoms with Gasteiger partial charge in [0.05, 0.1) is 5.69 Å². The van der Waals surface area contributed by atoms with Gasteiger partial charge in [-0.3, -0.25) is 4.98 Å². The second-order valence-electron chi connectivity index (χ2n) is 4.47. The Kier molecular flexibility index (Phi) is 3.37. The maximum atomic E-state index is 12.4. The van der Waals surface area contributed by atoms with Crippen LogP contribution in [0, 0.1) is 0 Å². The van der Waals surface area contributed by atoms with E-state index in [0.29, 0.717) is 19.5 Å². The van der Waals surface area contributed by atoms with Gasteiger partial charge in [0.1, 0.15) is 0 Å². The first-order chi connectivity index (χ1) is 9.68. The topological polar surface area (TPSA) is 79.0 Å². The number of hydrogen-bond donors (Lipinski definition) is 1. The molecular weight excluding hydrogens is 276 g/mol. The van der Waals surface area contributed by atoms with Crippen LogP contribution in [0.4, 0.5) is 0 Å². The van der Waals surface area contributed by atoms with E-state index in [1.807, 2.05) is 24.3 Å². The van der Waals surface area contributed by atoms with Crippen molar-refractivity contribution in [3.8, 4) is 0 Å². The molecule has 0 saturated heterocycles. The van der Waals surface area contributed by atoms with E-state index in [0.717, 1.165) is 11.3 Å². The average Bonchev–Trinajstić information content (AvgIpc) is 3.03. The number of rotatable bonds is 3. The number of sulfonamides is 1. The van der Waals surface area contributed by atoms with Gasteiger partial charge < -0.3 is 4.98 Å². The van der Waals surface area contributed by atoms with E-state index in [1.54, 1.807) is 6.20 Å². The van der Waals surface area contributed by atoms with Crippen LogP contribution in [0.15, 0.2) is 48.0 Å². The molecule has 0 saturated carbocycles. The minimum absolute atomic E-state index is 0.0141. The molecule has 2 aromatic rings.